The lowest BCUT2D eigenvalue weighted by Gasteiger charge is -2.14. The van der Waals surface area contributed by atoms with Crippen molar-refractivity contribution in [1.29, 1.82) is 0 Å². The van der Waals surface area contributed by atoms with E-state index >= 15 is 0 Å². The van der Waals surface area contributed by atoms with Crippen molar-refractivity contribution >= 4 is 28.9 Å². The van der Waals surface area contributed by atoms with E-state index in [-0.39, 0.29) is 11.6 Å². The number of nitrogens with zero attached hydrogens (tertiary/aromatic N) is 1. The molecule has 2 heterocycles. The predicted molar refractivity (Wildman–Crippen MR) is 113 cm³/mol. The minimum Gasteiger partial charge on any atom is -0.465 e. The Balaban J connectivity index is 1.55. The third-order valence-corrected chi connectivity index (χ3v) is 4.52. The van der Waals surface area contributed by atoms with Crippen LogP contribution in [-0.2, 0) is 4.79 Å². The fourth-order valence-corrected chi connectivity index (χ4v) is 2.98. The van der Waals surface area contributed by atoms with Crippen LogP contribution < -0.4 is 10.6 Å². The summed E-state index contributed by atoms with van der Waals surface area (Å²) >= 11 is 0. The molecule has 7 nitrogen and oxygen atoms in total. The van der Waals surface area contributed by atoms with Crippen molar-refractivity contribution in [2.45, 2.75) is 13.0 Å². The zero-order chi connectivity index (χ0) is 20.9. The molecule has 0 saturated heterocycles. The number of hydrogen-bond acceptors (Lipinski definition) is 4. The molecule has 150 valence electrons. The van der Waals surface area contributed by atoms with E-state index in [0.29, 0.717) is 17.1 Å². The summed E-state index contributed by atoms with van der Waals surface area (Å²) < 4.78 is 5.30. The van der Waals surface area contributed by atoms with E-state index < -0.39 is 11.9 Å². The van der Waals surface area contributed by atoms with Crippen molar-refractivity contribution in [3.05, 3.63) is 95.8 Å². The SMILES string of the molecule is CC(NC(=O)C(=Cc1ccco1)NC(=O)c1ccccc1)c1nc2ccccc2[nH]1. The molecule has 0 aliphatic rings. The Morgan fingerprint density at radius 1 is 1.03 bits per heavy atom. The summed E-state index contributed by atoms with van der Waals surface area (Å²) in [6.07, 6.45) is 2.99. The highest BCUT2D eigenvalue weighted by Gasteiger charge is 2.19. The number of carbonyl (C=O) groups is 2. The number of hydrogen-bond donors (Lipinski definition) is 3. The average molecular weight is 400 g/mol. The van der Waals surface area contributed by atoms with Crippen LogP contribution in [0.5, 0.6) is 0 Å². The Labute approximate surface area is 172 Å². The normalized spacial score (nSPS) is 12.5. The minimum atomic E-state index is -0.455. The number of furan rings is 1. The third kappa shape index (κ3) is 4.30. The van der Waals surface area contributed by atoms with Gasteiger partial charge in [0.25, 0.3) is 11.8 Å². The molecule has 0 bridgehead atoms. The van der Waals surface area contributed by atoms with Crippen LogP contribution in [0.3, 0.4) is 0 Å². The molecule has 1 atom stereocenters. The highest BCUT2D eigenvalue weighted by molar-refractivity contribution is 6.05. The number of H-pyrrole nitrogens is 1. The van der Waals surface area contributed by atoms with Gasteiger partial charge in [0.05, 0.1) is 23.3 Å². The topological polar surface area (TPSA) is 100 Å². The molecule has 3 N–H and O–H groups in total. The third-order valence-electron chi connectivity index (χ3n) is 4.52. The highest BCUT2D eigenvalue weighted by atomic mass is 16.3. The van der Waals surface area contributed by atoms with Crippen LogP contribution in [0.15, 0.2) is 83.1 Å². The number of rotatable bonds is 6. The fourth-order valence-electron chi connectivity index (χ4n) is 2.98. The van der Waals surface area contributed by atoms with Gasteiger partial charge in [0.1, 0.15) is 17.3 Å². The van der Waals surface area contributed by atoms with Gasteiger partial charge in [0.2, 0.25) is 0 Å². The highest BCUT2D eigenvalue weighted by Crippen LogP contribution is 2.16. The molecule has 0 radical (unpaired) electrons. The van der Waals surface area contributed by atoms with Crippen molar-refractivity contribution in [1.82, 2.24) is 20.6 Å². The van der Waals surface area contributed by atoms with Gasteiger partial charge in [-0.05, 0) is 43.3 Å². The van der Waals surface area contributed by atoms with E-state index in [9.17, 15) is 9.59 Å². The lowest BCUT2D eigenvalue weighted by Crippen LogP contribution is -2.36. The molecule has 2 aromatic heterocycles. The summed E-state index contributed by atoms with van der Waals surface area (Å²) in [5, 5.41) is 5.54. The van der Waals surface area contributed by atoms with Gasteiger partial charge in [0, 0.05) is 11.6 Å². The summed E-state index contributed by atoms with van der Waals surface area (Å²) in [5.74, 6) is 0.227. The smallest absolute Gasteiger partial charge is 0.268 e. The standard InChI is InChI=1S/C23H20N4O3/c1-15(21-25-18-11-5-6-12-19(18)26-21)24-23(29)20(14-17-10-7-13-30-17)27-22(28)16-8-3-2-4-9-16/h2-15H,1H3,(H,24,29)(H,25,26)(H,27,28). The Morgan fingerprint density at radius 2 is 1.80 bits per heavy atom. The maximum absolute atomic E-state index is 13.0. The zero-order valence-corrected chi connectivity index (χ0v) is 16.3. The molecule has 0 fully saturated rings. The molecule has 0 aliphatic carbocycles. The van der Waals surface area contributed by atoms with Crippen molar-refractivity contribution in [3.63, 3.8) is 0 Å². The van der Waals surface area contributed by atoms with Crippen LogP contribution in [-0.4, -0.2) is 21.8 Å². The molecule has 2 aromatic carbocycles. The molecule has 30 heavy (non-hydrogen) atoms. The minimum absolute atomic E-state index is 0.0711. The Hall–Kier alpha value is -4.13. The second-order valence-corrected chi connectivity index (χ2v) is 6.73. The van der Waals surface area contributed by atoms with Gasteiger partial charge in [-0.2, -0.15) is 0 Å². The first kappa shape index (κ1) is 19.2. The van der Waals surface area contributed by atoms with Crippen LogP contribution >= 0.6 is 0 Å². The molecule has 0 spiro atoms. The van der Waals surface area contributed by atoms with Gasteiger partial charge in [0.15, 0.2) is 0 Å². The van der Waals surface area contributed by atoms with Gasteiger partial charge >= 0.3 is 0 Å². The predicted octanol–water partition coefficient (Wildman–Crippen LogP) is 3.80. The molecule has 0 aliphatic heterocycles. The quantitative estimate of drug-likeness (QED) is 0.429. The van der Waals surface area contributed by atoms with Gasteiger partial charge in [-0.1, -0.05) is 30.3 Å². The lowest BCUT2D eigenvalue weighted by atomic mass is 10.2. The summed E-state index contributed by atoms with van der Waals surface area (Å²) in [6.45, 7) is 1.82. The van der Waals surface area contributed by atoms with Crippen LogP contribution in [0.4, 0.5) is 0 Å². The maximum Gasteiger partial charge on any atom is 0.268 e. The van der Waals surface area contributed by atoms with Crippen LogP contribution in [0, 0.1) is 0 Å². The molecular weight excluding hydrogens is 380 g/mol. The number of aromatic amines is 1. The first-order valence-corrected chi connectivity index (χ1v) is 9.47. The van der Waals surface area contributed by atoms with Crippen LogP contribution in [0.25, 0.3) is 17.1 Å². The van der Waals surface area contributed by atoms with Crippen molar-refractivity contribution in [3.8, 4) is 0 Å². The number of para-hydroxylation sites is 2. The molecule has 2 amide bonds. The van der Waals surface area contributed by atoms with Gasteiger partial charge in [-0.15, -0.1) is 0 Å². The summed E-state index contributed by atoms with van der Waals surface area (Å²) in [7, 11) is 0. The van der Waals surface area contributed by atoms with E-state index in [1.54, 1.807) is 36.4 Å². The van der Waals surface area contributed by atoms with E-state index in [2.05, 4.69) is 20.6 Å². The Kier molecular flexibility index (Phi) is 5.43. The van der Waals surface area contributed by atoms with Crippen molar-refractivity contribution in [2.24, 2.45) is 0 Å². The molecule has 4 rings (SSSR count). The Bertz CT molecular complexity index is 1160. The largest absolute Gasteiger partial charge is 0.465 e. The maximum atomic E-state index is 13.0. The number of amides is 2. The second-order valence-electron chi connectivity index (χ2n) is 6.73. The summed E-state index contributed by atoms with van der Waals surface area (Å²) in [4.78, 5) is 33.3. The van der Waals surface area contributed by atoms with E-state index in [1.165, 1.54) is 12.3 Å². The number of aromatic nitrogens is 2. The average Bonchev–Trinajstić information content (AvgIpc) is 3.43. The summed E-state index contributed by atoms with van der Waals surface area (Å²) in [5.41, 5.74) is 2.22. The first-order valence-electron chi connectivity index (χ1n) is 9.47. The molecule has 1 unspecified atom stereocenters. The van der Waals surface area contributed by atoms with Gasteiger partial charge in [-0.25, -0.2) is 4.98 Å². The number of carbonyl (C=O) groups excluding carboxylic acids is 2. The van der Waals surface area contributed by atoms with E-state index in [1.807, 2.05) is 37.3 Å². The number of fused-ring (bicyclic) bond motifs is 1. The van der Waals surface area contributed by atoms with Crippen molar-refractivity contribution in [2.75, 3.05) is 0 Å². The molecule has 7 heteroatoms. The van der Waals surface area contributed by atoms with Crippen LogP contribution in [0.1, 0.15) is 34.9 Å². The molecular formula is C23H20N4O3. The monoisotopic (exact) mass is 400 g/mol. The zero-order valence-electron chi connectivity index (χ0n) is 16.3. The number of nitrogens with one attached hydrogen (secondary N) is 3. The lowest BCUT2D eigenvalue weighted by molar-refractivity contribution is -0.118. The summed E-state index contributed by atoms with van der Waals surface area (Å²) in [6, 6.07) is 19.3. The fraction of sp³-hybridized carbons (Fsp3) is 0.0870. The second kappa shape index (κ2) is 8.48. The first-order chi connectivity index (χ1) is 14.6. The van der Waals surface area contributed by atoms with Gasteiger partial charge in [-0.3, -0.25) is 9.59 Å². The van der Waals surface area contributed by atoms with Crippen LogP contribution in [0.2, 0.25) is 0 Å². The van der Waals surface area contributed by atoms with E-state index in [0.717, 1.165) is 11.0 Å². The number of imidazole rings is 1. The molecule has 4 aromatic rings. The Morgan fingerprint density at radius 3 is 2.53 bits per heavy atom. The van der Waals surface area contributed by atoms with Crippen molar-refractivity contribution < 1.29 is 14.0 Å². The van der Waals surface area contributed by atoms with E-state index in [4.69, 9.17) is 4.42 Å². The van der Waals surface area contributed by atoms with Gasteiger partial charge < -0.3 is 20.0 Å². The molecule has 0 saturated carbocycles. The number of benzene rings is 2.